The molecule has 0 saturated carbocycles. The molecule has 0 aliphatic heterocycles. The molecule has 0 bridgehead atoms. The number of nitrogens with two attached hydrogens (primary N) is 1. The minimum Gasteiger partial charge on any atom is -0.480 e. The molecule has 6 heteroatoms. The van der Waals surface area contributed by atoms with Gasteiger partial charge in [0.2, 0.25) is 0 Å². The van der Waals surface area contributed by atoms with Crippen LogP contribution >= 0.6 is 34.8 Å². The third kappa shape index (κ3) is 3.24. The highest BCUT2D eigenvalue weighted by Gasteiger charge is 2.15. The lowest BCUT2D eigenvalue weighted by Gasteiger charge is -2.09. The second kappa shape index (κ2) is 5.03. The molecular formula is C9H8Cl3NO2. The summed E-state index contributed by atoms with van der Waals surface area (Å²) >= 11 is 17.4. The second-order valence-corrected chi connectivity index (χ2v) is 4.23. The molecule has 0 radical (unpaired) electrons. The average molecular weight is 269 g/mol. The summed E-state index contributed by atoms with van der Waals surface area (Å²) in [5, 5.41) is 9.62. The number of hydrogen-bond donors (Lipinski definition) is 2. The molecule has 3 N–H and O–H groups in total. The van der Waals surface area contributed by atoms with Crippen molar-refractivity contribution in [1.82, 2.24) is 0 Å². The second-order valence-electron chi connectivity index (χ2n) is 3.01. The van der Waals surface area contributed by atoms with E-state index in [0.29, 0.717) is 10.6 Å². The minimum atomic E-state index is -1.10. The first kappa shape index (κ1) is 12.6. The monoisotopic (exact) mass is 267 g/mol. The Kier molecular flexibility index (Phi) is 4.22. The molecule has 1 unspecified atom stereocenters. The first-order chi connectivity index (χ1) is 6.91. The molecule has 1 aromatic rings. The van der Waals surface area contributed by atoms with E-state index in [4.69, 9.17) is 45.6 Å². The quantitative estimate of drug-likeness (QED) is 0.828. The lowest BCUT2D eigenvalue weighted by Crippen LogP contribution is -2.32. The molecule has 1 atom stereocenters. The molecule has 0 spiro atoms. The summed E-state index contributed by atoms with van der Waals surface area (Å²) < 4.78 is 0. The van der Waals surface area contributed by atoms with Crippen LogP contribution in [0.5, 0.6) is 0 Å². The number of carbonyl (C=O) groups is 1. The smallest absolute Gasteiger partial charge is 0.320 e. The van der Waals surface area contributed by atoms with Crippen molar-refractivity contribution in [2.75, 3.05) is 0 Å². The highest BCUT2D eigenvalue weighted by molar-refractivity contribution is 6.43. The van der Waals surface area contributed by atoms with Crippen LogP contribution in [-0.2, 0) is 11.2 Å². The zero-order valence-electron chi connectivity index (χ0n) is 7.51. The van der Waals surface area contributed by atoms with Crippen molar-refractivity contribution in [2.24, 2.45) is 5.73 Å². The standard InChI is InChI=1S/C9H8Cl3NO2/c10-5-1-4(2-7(13)9(14)15)8(12)6(11)3-5/h1,3,7H,2,13H2,(H,14,15). The Morgan fingerprint density at radius 1 is 1.40 bits per heavy atom. The van der Waals surface area contributed by atoms with Gasteiger partial charge in [-0.05, 0) is 24.1 Å². The Morgan fingerprint density at radius 3 is 2.53 bits per heavy atom. The SMILES string of the molecule is NC(Cc1cc(Cl)cc(Cl)c1Cl)C(=O)O. The fourth-order valence-electron chi connectivity index (χ4n) is 1.08. The largest absolute Gasteiger partial charge is 0.480 e. The van der Waals surface area contributed by atoms with Crippen molar-refractivity contribution in [2.45, 2.75) is 12.5 Å². The van der Waals surface area contributed by atoms with Gasteiger partial charge >= 0.3 is 5.97 Å². The van der Waals surface area contributed by atoms with Crippen LogP contribution in [0.2, 0.25) is 15.1 Å². The topological polar surface area (TPSA) is 63.3 Å². The summed E-state index contributed by atoms with van der Waals surface area (Å²) in [5.74, 6) is -1.10. The van der Waals surface area contributed by atoms with E-state index in [9.17, 15) is 4.79 Å². The van der Waals surface area contributed by atoms with Gasteiger partial charge in [-0.15, -0.1) is 0 Å². The number of hydrogen-bond acceptors (Lipinski definition) is 2. The molecule has 0 aromatic heterocycles. The molecule has 3 nitrogen and oxygen atoms in total. The maximum absolute atomic E-state index is 10.6. The van der Waals surface area contributed by atoms with Crippen molar-refractivity contribution in [1.29, 1.82) is 0 Å². The molecule has 0 aliphatic rings. The van der Waals surface area contributed by atoms with E-state index in [2.05, 4.69) is 0 Å². The molecule has 0 amide bonds. The number of carboxylic acids is 1. The Hall–Kier alpha value is -0.480. The predicted octanol–water partition coefficient (Wildman–Crippen LogP) is 2.60. The average Bonchev–Trinajstić information content (AvgIpc) is 2.13. The Labute approximate surface area is 102 Å². The molecule has 0 saturated heterocycles. The zero-order valence-corrected chi connectivity index (χ0v) is 9.77. The van der Waals surface area contributed by atoms with Gasteiger partial charge in [0, 0.05) is 5.02 Å². The molecule has 82 valence electrons. The first-order valence-corrected chi connectivity index (χ1v) is 5.17. The maximum atomic E-state index is 10.6. The minimum absolute atomic E-state index is 0.0917. The van der Waals surface area contributed by atoms with Gasteiger partial charge in [0.1, 0.15) is 6.04 Å². The number of benzene rings is 1. The fraction of sp³-hybridized carbons (Fsp3) is 0.222. The van der Waals surface area contributed by atoms with E-state index in [1.165, 1.54) is 6.07 Å². The van der Waals surface area contributed by atoms with Crippen LogP contribution in [0.1, 0.15) is 5.56 Å². The van der Waals surface area contributed by atoms with Crippen LogP contribution in [0.15, 0.2) is 12.1 Å². The van der Waals surface area contributed by atoms with Crippen LogP contribution in [0.3, 0.4) is 0 Å². The Balaban J connectivity index is 2.99. The van der Waals surface area contributed by atoms with E-state index in [1.54, 1.807) is 6.07 Å². The van der Waals surface area contributed by atoms with Crippen molar-refractivity contribution < 1.29 is 9.90 Å². The summed E-state index contributed by atoms with van der Waals surface area (Å²) in [6.07, 6.45) is 0.0917. The van der Waals surface area contributed by atoms with Crippen molar-refractivity contribution in [3.8, 4) is 0 Å². The normalized spacial score (nSPS) is 12.5. The Morgan fingerprint density at radius 2 is 2.00 bits per heavy atom. The van der Waals surface area contributed by atoms with Gasteiger partial charge in [0.05, 0.1) is 10.0 Å². The van der Waals surface area contributed by atoms with Gasteiger partial charge in [0.15, 0.2) is 0 Å². The summed E-state index contributed by atoms with van der Waals surface area (Å²) in [4.78, 5) is 10.6. The van der Waals surface area contributed by atoms with E-state index in [0.717, 1.165) is 0 Å². The molecule has 15 heavy (non-hydrogen) atoms. The van der Waals surface area contributed by atoms with Crippen molar-refractivity contribution >= 4 is 40.8 Å². The van der Waals surface area contributed by atoms with Crippen LogP contribution in [0.25, 0.3) is 0 Å². The van der Waals surface area contributed by atoms with E-state index < -0.39 is 12.0 Å². The van der Waals surface area contributed by atoms with E-state index in [-0.39, 0.29) is 16.5 Å². The summed E-state index contributed by atoms with van der Waals surface area (Å²) in [6.45, 7) is 0. The summed E-state index contributed by atoms with van der Waals surface area (Å²) in [7, 11) is 0. The maximum Gasteiger partial charge on any atom is 0.320 e. The van der Waals surface area contributed by atoms with E-state index in [1.807, 2.05) is 0 Å². The van der Waals surface area contributed by atoms with Crippen LogP contribution in [-0.4, -0.2) is 17.1 Å². The zero-order chi connectivity index (χ0) is 11.6. The van der Waals surface area contributed by atoms with E-state index >= 15 is 0 Å². The lowest BCUT2D eigenvalue weighted by molar-refractivity contribution is -0.138. The van der Waals surface area contributed by atoms with Crippen molar-refractivity contribution in [3.05, 3.63) is 32.8 Å². The molecule has 1 aromatic carbocycles. The van der Waals surface area contributed by atoms with Gasteiger partial charge in [-0.2, -0.15) is 0 Å². The van der Waals surface area contributed by atoms with Crippen LogP contribution in [0, 0.1) is 0 Å². The number of rotatable bonds is 3. The third-order valence-electron chi connectivity index (χ3n) is 1.83. The number of carboxylic acid groups (broad SMARTS) is 1. The third-order valence-corrected chi connectivity index (χ3v) is 2.88. The molecule has 0 heterocycles. The van der Waals surface area contributed by atoms with Crippen LogP contribution in [0.4, 0.5) is 0 Å². The van der Waals surface area contributed by atoms with Crippen LogP contribution < -0.4 is 5.73 Å². The first-order valence-electron chi connectivity index (χ1n) is 4.03. The molecule has 0 fully saturated rings. The van der Waals surface area contributed by atoms with Gasteiger partial charge in [-0.1, -0.05) is 34.8 Å². The summed E-state index contributed by atoms with van der Waals surface area (Å²) in [6, 6.07) is 2.02. The molecule has 1 rings (SSSR count). The highest BCUT2D eigenvalue weighted by Crippen LogP contribution is 2.30. The Bertz CT molecular complexity index is 395. The fourth-order valence-corrected chi connectivity index (χ4v) is 1.80. The van der Waals surface area contributed by atoms with Gasteiger partial charge in [-0.25, -0.2) is 0 Å². The van der Waals surface area contributed by atoms with Gasteiger partial charge < -0.3 is 10.8 Å². The van der Waals surface area contributed by atoms with Crippen molar-refractivity contribution in [3.63, 3.8) is 0 Å². The number of aliphatic carboxylic acids is 1. The highest BCUT2D eigenvalue weighted by atomic mass is 35.5. The van der Waals surface area contributed by atoms with Gasteiger partial charge in [0.25, 0.3) is 0 Å². The molecule has 0 aliphatic carbocycles. The van der Waals surface area contributed by atoms with Gasteiger partial charge in [-0.3, -0.25) is 4.79 Å². The predicted molar refractivity (Wildman–Crippen MR) is 60.8 cm³/mol. The molecular weight excluding hydrogens is 260 g/mol. The number of halogens is 3. The summed E-state index contributed by atoms with van der Waals surface area (Å²) in [5.41, 5.74) is 5.90. The lowest BCUT2D eigenvalue weighted by atomic mass is 10.1.